The van der Waals surface area contributed by atoms with E-state index in [4.69, 9.17) is 15.0 Å². The van der Waals surface area contributed by atoms with Gasteiger partial charge in [-0.1, -0.05) is 227 Å². The lowest BCUT2D eigenvalue weighted by molar-refractivity contribution is 0.591. The number of hydrogen-bond donors (Lipinski definition) is 0. The highest BCUT2D eigenvalue weighted by Crippen LogP contribution is 2.39. The molecule has 9 aromatic carbocycles. The lowest BCUT2D eigenvalue weighted by Gasteiger charge is -2.34. The van der Waals surface area contributed by atoms with E-state index in [2.05, 4.69) is 226 Å². The molecule has 0 unspecified atom stereocenters. The number of aromatic nitrogens is 4. The fourth-order valence-corrected chi connectivity index (χ4v) is 14.5. The van der Waals surface area contributed by atoms with Crippen LogP contribution in [0.1, 0.15) is 26.3 Å². The average molecular weight is 865 g/mol. The molecule has 0 aliphatic carbocycles. The molecule has 5 heteroatoms. The first kappa shape index (κ1) is 40.8. The van der Waals surface area contributed by atoms with Crippen molar-refractivity contribution >= 4 is 50.6 Å². The summed E-state index contributed by atoms with van der Waals surface area (Å²) in [5.41, 5.74) is 9.51. The van der Waals surface area contributed by atoms with E-state index in [1.807, 2.05) is 36.4 Å². The quantitative estimate of drug-likeness (QED) is 0.107. The van der Waals surface area contributed by atoms with E-state index >= 15 is 0 Å². The Kier molecular flexibility index (Phi) is 10.4. The minimum atomic E-state index is -2.80. The molecular formula is C61H48N4Si. The van der Waals surface area contributed by atoms with Crippen molar-refractivity contribution in [2.45, 2.75) is 26.2 Å². The van der Waals surface area contributed by atoms with Gasteiger partial charge in [-0.2, -0.15) is 0 Å². The first-order valence-electron chi connectivity index (χ1n) is 22.7. The van der Waals surface area contributed by atoms with Crippen molar-refractivity contribution in [2.75, 3.05) is 0 Å². The molecule has 0 spiro atoms. The monoisotopic (exact) mass is 864 g/mol. The molecule has 316 valence electrons. The van der Waals surface area contributed by atoms with E-state index in [9.17, 15) is 0 Å². The van der Waals surface area contributed by atoms with Crippen LogP contribution in [-0.2, 0) is 5.41 Å². The van der Waals surface area contributed by atoms with Crippen LogP contribution in [0, 0.1) is 0 Å². The van der Waals surface area contributed by atoms with Gasteiger partial charge in [-0.15, -0.1) is 0 Å². The second-order valence-corrected chi connectivity index (χ2v) is 21.8. The molecule has 0 atom stereocenters. The van der Waals surface area contributed by atoms with Crippen molar-refractivity contribution in [2.24, 2.45) is 0 Å². The van der Waals surface area contributed by atoms with Gasteiger partial charge in [0.25, 0.3) is 0 Å². The Morgan fingerprint density at radius 3 is 1.36 bits per heavy atom. The van der Waals surface area contributed by atoms with Crippen molar-refractivity contribution < 1.29 is 0 Å². The maximum Gasteiger partial charge on any atom is 0.179 e. The maximum atomic E-state index is 5.36. The summed E-state index contributed by atoms with van der Waals surface area (Å²) in [6, 6.07) is 85.6. The van der Waals surface area contributed by atoms with Crippen molar-refractivity contribution in [1.29, 1.82) is 0 Å². The van der Waals surface area contributed by atoms with Crippen LogP contribution in [0.2, 0.25) is 0 Å². The van der Waals surface area contributed by atoms with Crippen LogP contribution in [0.15, 0.2) is 237 Å². The van der Waals surface area contributed by atoms with Gasteiger partial charge in [0.15, 0.2) is 25.5 Å². The molecule has 66 heavy (non-hydrogen) atoms. The molecule has 2 heterocycles. The molecule has 11 rings (SSSR count). The van der Waals surface area contributed by atoms with Crippen LogP contribution < -0.4 is 20.7 Å². The van der Waals surface area contributed by atoms with E-state index in [0.717, 1.165) is 44.5 Å². The number of rotatable bonds is 9. The van der Waals surface area contributed by atoms with Crippen LogP contribution in [0.3, 0.4) is 0 Å². The Bertz CT molecular complexity index is 3340. The fourth-order valence-electron chi connectivity index (χ4n) is 9.71. The molecule has 0 radical (unpaired) electrons. The van der Waals surface area contributed by atoms with E-state index in [1.165, 1.54) is 37.1 Å². The SMILES string of the molecule is CC(C)(C)c1ccc2c(c1)c1ccccc1n2-c1ccc(-c2cccc([Si](c3ccccc3)(c3ccccc3)c3ccccc3)c2)cc1-c1nc(-c2ccccc2)nc(-c2ccccc2)n1. The molecule has 0 fully saturated rings. The largest absolute Gasteiger partial charge is 0.309 e. The number of nitrogens with zero attached hydrogens (tertiary/aromatic N) is 4. The topological polar surface area (TPSA) is 43.6 Å². The smallest absolute Gasteiger partial charge is 0.179 e. The van der Waals surface area contributed by atoms with Crippen molar-refractivity contribution in [3.8, 4) is 51.0 Å². The van der Waals surface area contributed by atoms with Crippen molar-refractivity contribution in [1.82, 2.24) is 19.5 Å². The summed E-state index contributed by atoms with van der Waals surface area (Å²) in [6.07, 6.45) is 0. The number of fused-ring (bicyclic) bond motifs is 3. The highest BCUT2D eigenvalue weighted by atomic mass is 28.3. The minimum Gasteiger partial charge on any atom is -0.309 e. The van der Waals surface area contributed by atoms with Gasteiger partial charge < -0.3 is 4.57 Å². The molecule has 0 saturated heterocycles. The number of para-hydroxylation sites is 1. The van der Waals surface area contributed by atoms with Gasteiger partial charge in [0.05, 0.1) is 16.7 Å². The number of benzene rings is 9. The molecule has 4 nitrogen and oxygen atoms in total. The molecule has 0 amide bonds. The third kappa shape index (κ3) is 7.24. The third-order valence-corrected chi connectivity index (χ3v) is 17.7. The highest BCUT2D eigenvalue weighted by Gasteiger charge is 2.41. The zero-order chi connectivity index (χ0) is 44.7. The van der Waals surface area contributed by atoms with Gasteiger partial charge in [0.2, 0.25) is 0 Å². The Balaban J connectivity index is 1.19. The van der Waals surface area contributed by atoms with Crippen LogP contribution in [0.25, 0.3) is 72.8 Å². The van der Waals surface area contributed by atoms with Gasteiger partial charge >= 0.3 is 0 Å². The summed E-state index contributed by atoms with van der Waals surface area (Å²) in [4.78, 5) is 15.8. The van der Waals surface area contributed by atoms with Crippen LogP contribution >= 0.6 is 0 Å². The highest BCUT2D eigenvalue weighted by molar-refractivity contribution is 7.19. The molecule has 11 aromatic rings. The molecule has 2 aromatic heterocycles. The lowest BCUT2D eigenvalue weighted by atomic mass is 9.86. The summed E-state index contributed by atoms with van der Waals surface area (Å²) in [7, 11) is -2.80. The minimum absolute atomic E-state index is 0.00667. The van der Waals surface area contributed by atoms with E-state index in [-0.39, 0.29) is 5.41 Å². The molecule has 0 N–H and O–H groups in total. The Hall–Kier alpha value is -7.99. The molecule has 0 aliphatic heterocycles. The zero-order valence-electron chi connectivity index (χ0n) is 37.3. The molecule has 0 aliphatic rings. The normalized spacial score (nSPS) is 11.9. The zero-order valence-corrected chi connectivity index (χ0v) is 38.3. The molecular weight excluding hydrogens is 817 g/mol. The molecule has 0 saturated carbocycles. The Morgan fingerprint density at radius 2 is 0.803 bits per heavy atom. The van der Waals surface area contributed by atoms with Gasteiger partial charge in [-0.05, 0) is 73.2 Å². The predicted molar refractivity (Wildman–Crippen MR) is 278 cm³/mol. The van der Waals surface area contributed by atoms with E-state index in [0.29, 0.717) is 17.5 Å². The second kappa shape index (κ2) is 16.9. The lowest BCUT2D eigenvalue weighted by Crippen LogP contribution is -2.74. The van der Waals surface area contributed by atoms with Gasteiger partial charge in [-0.3, -0.25) is 0 Å². The Morgan fingerprint density at radius 1 is 0.348 bits per heavy atom. The van der Waals surface area contributed by atoms with E-state index < -0.39 is 8.07 Å². The van der Waals surface area contributed by atoms with Crippen LogP contribution in [0.5, 0.6) is 0 Å². The first-order chi connectivity index (χ1) is 32.4. The predicted octanol–water partition coefficient (Wildman–Crippen LogP) is 12.3. The summed E-state index contributed by atoms with van der Waals surface area (Å²) < 4.78 is 2.40. The maximum absolute atomic E-state index is 5.36. The fraction of sp³-hybridized carbons (Fsp3) is 0.0656. The van der Waals surface area contributed by atoms with Gasteiger partial charge in [0.1, 0.15) is 0 Å². The second-order valence-electron chi connectivity index (χ2n) is 18.0. The van der Waals surface area contributed by atoms with Crippen LogP contribution in [-0.4, -0.2) is 27.6 Å². The third-order valence-electron chi connectivity index (χ3n) is 13.0. The first-order valence-corrected chi connectivity index (χ1v) is 24.7. The van der Waals surface area contributed by atoms with Gasteiger partial charge in [0, 0.05) is 27.5 Å². The average Bonchev–Trinajstić information content (AvgIpc) is 3.71. The standard InChI is InChI=1S/C61H48N4Si/c1-61(2,3)47-37-39-56-53(42-47)52-34-19-20-35-55(52)65(56)57-38-36-46(41-54(57)60-63-58(43-22-9-4-10-23-43)62-59(64-60)44-24-11-5-12-25-44)45-26-21-33-51(40-45)66(48-27-13-6-14-28-48,49-29-15-7-16-30-49)50-31-17-8-18-32-50/h4-42H,1-3H3. The van der Waals surface area contributed by atoms with E-state index in [1.54, 1.807) is 0 Å². The Labute approximate surface area is 387 Å². The number of hydrogen-bond acceptors (Lipinski definition) is 3. The molecule has 0 bridgehead atoms. The van der Waals surface area contributed by atoms with Crippen molar-refractivity contribution in [3.63, 3.8) is 0 Å². The summed E-state index contributed by atoms with van der Waals surface area (Å²) in [5, 5.41) is 7.74. The van der Waals surface area contributed by atoms with Crippen LogP contribution in [0.4, 0.5) is 0 Å². The van der Waals surface area contributed by atoms with Gasteiger partial charge in [-0.25, -0.2) is 15.0 Å². The summed E-state index contributed by atoms with van der Waals surface area (Å²) in [6.45, 7) is 6.84. The summed E-state index contributed by atoms with van der Waals surface area (Å²) >= 11 is 0. The van der Waals surface area contributed by atoms with Crippen molar-refractivity contribution in [3.05, 3.63) is 242 Å². The summed E-state index contributed by atoms with van der Waals surface area (Å²) in [5.74, 6) is 1.85.